The summed E-state index contributed by atoms with van der Waals surface area (Å²) in [5.41, 5.74) is 0. The van der Waals surface area contributed by atoms with Crippen molar-refractivity contribution in [2.75, 3.05) is 33.2 Å². The Hall–Kier alpha value is -1.40. The molecule has 1 aliphatic rings. The van der Waals surface area contributed by atoms with E-state index < -0.39 is 10.2 Å². The van der Waals surface area contributed by atoms with Crippen molar-refractivity contribution in [2.45, 2.75) is 31.7 Å². The summed E-state index contributed by atoms with van der Waals surface area (Å²) in [6.45, 7) is 2.32. The van der Waals surface area contributed by atoms with Crippen LogP contribution in [0.5, 0.6) is 0 Å². The van der Waals surface area contributed by atoms with Gasteiger partial charge in [-0.25, -0.2) is 4.72 Å². The minimum Gasteiger partial charge on any atom is -0.468 e. The van der Waals surface area contributed by atoms with E-state index in [1.54, 1.807) is 6.26 Å². The number of hydrogen-bond donors (Lipinski definition) is 1. The number of nitrogens with one attached hydrogen (secondary N) is 1. The van der Waals surface area contributed by atoms with E-state index in [-0.39, 0.29) is 25.6 Å². The second kappa shape index (κ2) is 8.45. The molecular formula is C15H24N4O3S. The van der Waals surface area contributed by atoms with Crippen LogP contribution in [0, 0.1) is 11.3 Å². The number of piperidine rings is 1. The minimum absolute atomic E-state index is 0.107. The van der Waals surface area contributed by atoms with Gasteiger partial charge in [-0.1, -0.05) is 6.42 Å². The number of hydrogen-bond acceptors (Lipinski definition) is 5. The van der Waals surface area contributed by atoms with Crippen molar-refractivity contribution in [3.8, 4) is 6.07 Å². The number of nitriles is 1. The van der Waals surface area contributed by atoms with Crippen LogP contribution in [0.1, 0.15) is 37.5 Å². The lowest BCUT2D eigenvalue weighted by molar-refractivity contribution is 0.147. The van der Waals surface area contributed by atoms with Gasteiger partial charge < -0.3 is 4.42 Å². The van der Waals surface area contributed by atoms with Gasteiger partial charge in [0.05, 0.1) is 18.4 Å². The zero-order valence-corrected chi connectivity index (χ0v) is 14.3. The van der Waals surface area contributed by atoms with Crippen LogP contribution >= 0.6 is 0 Å². The molecule has 1 unspecified atom stereocenters. The van der Waals surface area contributed by atoms with Gasteiger partial charge in [-0.2, -0.15) is 18.0 Å². The molecule has 7 nitrogen and oxygen atoms in total. The van der Waals surface area contributed by atoms with E-state index in [0.29, 0.717) is 0 Å². The molecule has 1 aromatic rings. The molecule has 2 rings (SSSR count). The molecule has 1 aliphatic heterocycles. The predicted molar refractivity (Wildman–Crippen MR) is 86.7 cm³/mol. The van der Waals surface area contributed by atoms with Crippen LogP contribution in [0.25, 0.3) is 0 Å². The number of rotatable bonds is 8. The maximum Gasteiger partial charge on any atom is 0.279 e. The Bertz CT molecular complexity index is 603. The normalized spacial score (nSPS) is 18.0. The van der Waals surface area contributed by atoms with Crippen LogP contribution in [0.15, 0.2) is 22.8 Å². The zero-order valence-electron chi connectivity index (χ0n) is 13.4. The molecular weight excluding hydrogens is 316 g/mol. The SMILES string of the molecule is CN(CCC#N)S(=O)(=O)NCC(c1ccco1)N1CCCCC1. The molecule has 0 aliphatic carbocycles. The zero-order chi connectivity index (χ0) is 16.7. The van der Waals surface area contributed by atoms with Crippen molar-refractivity contribution >= 4 is 10.2 Å². The summed E-state index contributed by atoms with van der Waals surface area (Å²) in [6, 6.07) is 5.55. The van der Waals surface area contributed by atoms with Crippen molar-refractivity contribution in [1.82, 2.24) is 13.9 Å². The molecule has 0 bridgehead atoms. The Morgan fingerprint density at radius 1 is 1.43 bits per heavy atom. The van der Waals surface area contributed by atoms with Crippen LogP contribution < -0.4 is 4.72 Å². The van der Waals surface area contributed by atoms with Crippen LogP contribution in [0.2, 0.25) is 0 Å². The Kier molecular flexibility index (Phi) is 6.59. The highest BCUT2D eigenvalue weighted by molar-refractivity contribution is 7.87. The lowest BCUT2D eigenvalue weighted by Crippen LogP contribution is -2.44. The molecule has 0 radical (unpaired) electrons. The lowest BCUT2D eigenvalue weighted by atomic mass is 10.1. The van der Waals surface area contributed by atoms with E-state index >= 15 is 0 Å². The highest BCUT2D eigenvalue weighted by atomic mass is 32.2. The average molecular weight is 340 g/mol. The molecule has 23 heavy (non-hydrogen) atoms. The van der Waals surface area contributed by atoms with Gasteiger partial charge in [-0.3, -0.25) is 4.90 Å². The first-order chi connectivity index (χ1) is 11.0. The summed E-state index contributed by atoms with van der Waals surface area (Å²) < 4.78 is 33.8. The van der Waals surface area contributed by atoms with Gasteiger partial charge in [0, 0.05) is 26.6 Å². The second-order valence-electron chi connectivity index (χ2n) is 5.71. The second-order valence-corrected chi connectivity index (χ2v) is 7.57. The van der Waals surface area contributed by atoms with Gasteiger partial charge in [0.25, 0.3) is 10.2 Å². The Morgan fingerprint density at radius 2 is 2.17 bits per heavy atom. The molecule has 2 heterocycles. The summed E-state index contributed by atoms with van der Waals surface area (Å²) in [5.74, 6) is 0.772. The van der Waals surface area contributed by atoms with E-state index in [2.05, 4.69) is 9.62 Å². The molecule has 1 fully saturated rings. The maximum atomic E-state index is 12.2. The van der Waals surface area contributed by atoms with E-state index in [0.717, 1.165) is 31.7 Å². The van der Waals surface area contributed by atoms with Crippen LogP contribution in [0.4, 0.5) is 0 Å². The van der Waals surface area contributed by atoms with Crippen molar-refractivity contribution in [1.29, 1.82) is 5.26 Å². The Balaban J connectivity index is 2.02. The molecule has 1 N–H and O–H groups in total. The highest BCUT2D eigenvalue weighted by Crippen LogP contribution is 2.24. The molecule has 1 atom stereocenters. The molecule has 8 heteroatoms. The van der Waals surface area contributed by atoms with Crippen molar-refractivity contribution in [2.24, 2.45) is 0 Å². The van der Waals surface area contributed by atoms with Crippen molar-refractivity contribution < 1.29 is 12.8 Å². The van der Waals surface area contributed by atoms with Gasteiger partial charge >= 0.3 is 0 Å². The summed E-state index contributed by atoms with van der Waals surface area (Å²) in [7, 11) is -2.12. The van der Waals surface area contributed by atoms with E-state index in [4.69, 9.17) is 9.68 Å². The van der Waals surface area contributed by atoms with Crippen LogP contribution in [-0.4, -0.2) is 50.8 Å². The van der Waals surface area contributed by atoms with Crippen molar-refractivity contribution in [3.05, 3.63) is 24.2 Å². The molecule has 0 spiro atoms. The monoisotopic (exact) mass is 340 g/mol. The first-order valence-corrected chi connectivity index (χ1v) is 9.34. The molecule has 0 amide bonds. The first kappa shape index (κ1) is 17.9. The third kappa shape index (κ3) is 5.04. The largest absolute Gasteiger partial charge is 0.468 e. The molecule has 0 aromatic carbocycles. The Morgan fingerprint density at radius 3 is 2.78 bits per heavy atom. The van der Waals surface area contributed by atoms with Crippen molar-refractivity contribution in [3.63, 3.8) is 0 Å². The quantitative estimate of drug-likeness (QED) is 0.774. The fourth-order valence-corrected chi connectivity index (χ4v) is 3.66. The van der Waals surface area contributed by atoms with Gasteiger partial charge in [0.2, 0.25) is 0 Å². The summed E-state index contributed by atoms with van der Waals surface area (Å²) in [4.78, 5) is 2.26. The fourth-order valence-electron chi connectivity index (χ4n) is 2.74. The summed E-state index contributed by atoms with van der Waals surface area (Å²) in [5, 5.41) is 8.58. The predicted octanol–water partition coefficient (Wildman–Crippen LogP) is 1.49. The fraction of sp³-hybridized carbons (Fsp3) is 0.667. The van der Waals surface area contributed by atoms with Gasteiger partial charge in [-0.05, 0) is 38.1 Å². The van der Waals surface area contributed by atoms with Crippen LogP contribution in [0.3, 0.4) is 0 Å². The smallest absolute Gasteiger partial charge is 0.279 e. The van der Waals surface area contributed by atoms with E-state index in [9.17, 15) is 8.42 Å². The molecule has 0 saturated carbocycles. The molecule has 1 saturated heterocycles. The van der Waals surface area contributed by atoms with Gasteiger partial charge in [0.15, 0.2) is 0 Å². The number of furan rings is 1. The van der Waals surface area contributed by atoms with E-state index in [1.165, 1.54) is 17.8 Å². The van der Waals surface area contributed by atoms with Gasteiger partial charge in [-0.15, -0.1) is 0 Å². The minimum atomic E-state index is -3.59. The number of likely N-dealkylation sites (tertiary alicyclic amines) is 1. The molecule has 1 aromatic heterocycles. The number of nitrogens with zero attached hydrogens (tertiary/aromatic N) is 3. The Labute approximate surface area is 138 Å². The third-order valence-corrected chi connectivity index (χ3v) is 5.65. The van der Waals surface area contributed by atoms with Gasteiger partial charge in [0.1, 0.15) is 5.76 Å². The maximum absolute atomic E-state index is 12.2. The first-order valence-electron chi connectivity index (χ1n) is 7.90. The summed E-state index contributed by atoms with van der Waals surface area (Å²) >= 11 is 0. The average Bonchev–Trinajstić information content (AvgIpc) is 3.08. The van der Waals surface area contributed by atoms with E-state index in [1.807, 2.05) is 18.2 Å². The molecule has 128 valence electrons. The summed E-state index contributed by atoms with van der Waals surface area (Å²) in [6.07, 6.45) is 5.23. The third-order valence-electron chi connectivity index (χ3n) is 4.11. The lowest BCUT2D eigenvalue weighted by Gasteiger charge is -2.33. The highest BCUT2D eigenvalue weighted by Gasteiger charge is 2.27. The van der Waals surface area contributed by atoms with Crippen LogP contribution in [-0.2, 0) is 10.2 Å². The standard InChI is InChI=1S/C15H24N4O3S/c1-18(9-6-8-16)23(20,21)17-13-14(15-7-5-12-22-15)19-10-3-2-4-11-19/h5,7,12,14,17H,2-4,6,9-11,13H2,1H3. The topological polar surface area (TPSA) is 89.6 Å².